The smallest absolute Gasteiger partial charge is 0.219 e. The zero-order valence-corrected chi connectivity index (χ0v) is 12.7. The van der Waals surface area contributed by atoms with Crippen LogP contribution in [0.25, 0.3) is 0 Å². The van der Waals surface area contributed by atoms with Crippen molar-refractivity contribution in [2.24, 2.45) is 0 Å². The van der Waals surface area contributed by atoms with E-state index in [1.807, 2.05) is 32.2 Å². The molecule has 0 aliphatic rings. The van der Waals surface area contributed by atoms with Crippen molar-refractivity contribution in [3.63, 3.8) is 0 Å². The molecule has 4 nitrogen and oxygen atoms in total. The highest BCUT2D eigenvalue weighted by Crippen LogP contribution is 2.26. The Balaban J connectivity index is 2.28. The topological polar surface area (TPSA) is 47.0 Å². The first-order valence-corrected chi connectivity index (χ1v) is 6.95. The molecule has 2 rings (SSSR count). The first-order valence-electron chi connectivity index (χ1n) is 6.57. The van der Waals surface area contributed by atoms with Crippen molar-refractivity contribution in [1.82, 2.24) is 15.3 Å². The Morgan fingerprint density at radius 3 is 2.85 bits per heavy atom. The molecule has 1 N–H and O–H groups in total. The predicted octanol–water partition coefficient (Wildman–Crippen LogP) is 3.51. The van der Waals surface area contributed by atoms with Gasteiger partial charge in [-0.3, -0.25) is 4.98 Å². The third kappa shape index (κ3) is 3.46. The second kappa shape index (κ2) is 6.68. The van der Waals surface area contributed by atoms with Crippen molar-refractivity contribution in [3.8, 4) is 11.6 Å². The maximum Gasteiger partial charge on any atom is 0.219 e. The lowest BCUT2D eigenvalue weighted by Gasteiger charge is -2.11. The van der Waals surface area contributed by atoms with E-state index in [1.54, 1.807) is 6.20 Å². The van der Waals surface area contributed by atoms with Crippen molar-refractivity contribution in [1.29, 1.82) is 0 Å². The van der Waals surface area contributed by atoms with Crippen LogP contribution >= 0.6 is 11.6 Å². The van der Waals surface area contributed by atoms with Gasteiger partial charge in [0, 0.05) is 24.5 Å². The largest absolute Gasteiger partial charge is 0.437 e. The Hall–Kier alpha value is -1.65. The Morgan fingerprint density at radius 2 is 2.15 bits per heavy atom. The summed E-state index contributed by atoms with van der Waals surface area (Å²) < 4.78 is 5.84. The van der Waals surface area contributed by atoms with E-state index in [0.29, 0.717) is 17.4 Å². The Kier molecular flexibility index (Phi) is 4.93. The summed E-state index contributed by atoms with van der Waals surface area (Å²) in [4.78, 5) is 8.68. The van der Waals surface area contributed by atoms with E-state index in [-0.39, 0.29) is 0 Å². The van der Waals surface area contributed by atoms with Crippen molar-refractivity contribution in [2.45, 2.75) is 26.8 Å². The number of nitrogens with zero attached hydrogens (tertiary/aromatic N) is 2. The van der Waals surface area contributed by atoms with Gasteiger partial charge in [0.05, 0.1) is 10.7 Å². The van der Waals surface area contributed by atoms with Gasteiger partial charge in [0.25, 0.3) is 0 Å². The molecule has 0 amide bonds. The first kappa shape index (κ1) is 14.8. The standard InChI is InChI=1S/C15H18ClN3O/c1-4-13-14(6-5-10(2)19-13)20-15-7-11(8-17-3)12(16)9-18-15/h5-7,9,17H,4,8H2,1-3H3. The molecule has 5 heteroatoms. The van der Waals surface area contributed by atoms with Gasteiger partial charge in [-0.1, -0.05) is 18.5 Å². The van der Waals surface area contributed by atoms with Gasteiger partial charge in [-0.25, -0.2) is 4.98 Å². The van der Waals surface area contributed by atoms with Gasteiger partial charge in [-0.05, 0) is 38.1 Å². The normalized spacial score (nSPS) is 10.6. The van der Waals surface area contributed by atoms with Crippen LogP contribution in [0.15, 0.2) is 24.4 Å². The molecule has 2 aromatic heterocycles. The van der Waals surface area contributed by atoms with Crippen LogP contribution in [0.4, 0.5) is 0 Å². The number of hydrogen-bond acceptors (Lipinski definition) is 4. The molecule has 0 bridgehead atoms. The van der Waals surface area contributed by atoms with Crippen molar-refractivity contribution in [2.75, 3.05) is 7.05 Å². The summed E-state index contributed by atoms with van der Waals surface area (Å²) in [5, 5.41) is 3.69. The fourth-order valence-electron chi connectivity index (χ4n) is 1.90. The molecule has 0 saturated carbocycles. The Bertz CT molecular complexity index is 602. The highest BCUT2D eigenvalue weighted by Gasteiger charge is 2.08. The summed E-state index contributed by atoms with van der Waals surface area (Å²) in [5.41, 5.74) is 2.86. The van der Waals surface area contributed by atoms with Crippen LogP contribution in [0.5, 0.6) is 11.6 Å². The minimum absolute atomic E-state index is 0.528. The number of rotatable bonds is 5. The molecule has 0 radical (unpaired) electrons. The molecular formula is C15H18ClN3O. The summed E-state index contributed by atoms with van der Waals surface area (Å²) in [6.07, 6.45) is 2.42. The van der Waals surface area contributed by atoms with Crippen LogP contribution < -0.4 is 10.1 Å². The maximum atomic E-state index is 6.09. The third-order valence-electron chi connectivity index (χ3n) is 2.90. The zero-order valence-electron chi connectivity index (χ0n) is 11.9. The van der Waals surface area contributed by atoms with Crippen LogP contribution in [-0.4, -0.2) is 17.0 Å². The lowest BCUT2D eigenvalue weighted by molar-refractivity contribution is 0.453. The van der Waals surface area contributed by atoms with Crippen molar-refractivity contribution < 1.29 is 4.74 Å². The highest BCUT2D eigenvalue weighted by molar-refractivity contribution is 6.31. The minimum Gasteiger partial charge on any atom is -0.437 e. The van der Waals surface area contributed by atoms with Gasteiger partial charge in [0.15, 0.2) is 5.75 Å². The molecule has 106 valence electrons. The molecule has 0 unspecified atom stereocenters. The Morgan fingerprint density at radius 1 is 1.35 bits per heavy atom. The quantitative estimate of drug-likeness (QED) is 0.916. The number of nitrogens with one attached hydrogen (secondary N) is 1. The lowest BCUT2D eigenvalue weighted by Crippen LogP contribution is -2.06. The SMILES string of the molecule is CCc1nc(C)ccc1Oc1cc(CNC)c(Cl)cn1. The molecule has 0 fully saturated rings. The van der Waals surface area contributed by atoms with Gasteiger partial charge in [0.2, 0.25) is 5.88 Å². The Labute approximate surface area is 124 Å². The number of hydrogen-bond donors (Lipinski definition) is 1. The number of ether oxygens (including phenoxy) is 1. The van der Waals surface area contributed by atoms with E-state index in [1.165, 1.54) is 0 Å². The highest BCUT2D eigenvalue weighted by atomic mass is 35.5. The summed E-state index contributed by atoms with van der Waals surface area (Å²) >= 11 is 6.09. The van der Waals surface area contributed by atoms with E-state index in [0.717, 1.165) is 29.1 Å². The summed E-state index contributed by atoms with van der Waals surface area (Å²) in [6.45, 7) is 4.69. The van der Waals surface area contributed by atoms with E-state index in [9.17, 15) is 0 Å². The second-order valence-electron chi connectivity index (χ2n) is 4.50. The summed E-state index contributed by atoms with van der Waals surface area (Å²) in [7, 11) is 1.87. The molecule has 0 aliphatic heterocycles. The molecule has 20 heavy (non-hydrogen) atoms. The minimum atomic E-state index is 0.528. The van der Waals surface area contributed by atoms with Gasteiger partial charge >= 0.3 is 0 Å². The number of pyridine rings is 2. The molecule has 0 aromatic carbocycles. The number of aromatic nitrogens is 2. The van der Waals surface area contributed by atoms with Crippen LogP contribution in [0.2, 0.25) is 5.02 Å². The first-order chi connectivity index (χ1) is 9.63. The molecule has 0 atom stereocenters. The fraction of sp³-hybridized carbons (Fsp3) is 0.333. The zero-order chi connectivity index (χ0) is 14.5. The van der Waals surface area contributed by atoms with Gasteiger partial charge < -0.3 is 10.1 Å². The molecule has 0 spiro atoms. The number of aryl methyl sites for hydroxylation is 2. The van der Waals surface area contributed by atoms with Crippen molar-refractivity contribution >= 4 is 11.6 Å². The molecule has 0 saturated heterocycles. The monoisotopic (exact) mass is 291 g/mol. The second-order valence-corrected chi connectivity index (χ2v) is 4.90. The van der Waals surface area contributed by atoms with E-state index < -0.39 is 0 Å². The average molecular weight is 292 g/mol. The van der Waals surface area contributed by atoms with E-state index in [2.05, 4.69) is 22.2 Å². The van der Waals surface area contributed by atoms with Gasteiger partial charge in [-0.15, -0.1) is 0 Å². The summed E-state index contributed by atoms with van der Waals surface area (Å²) in [5.74, 6) is 1.27. The number of halogens is 1. The lowest BCUT2D eigenvalue weighted by atomic mass is 10.2. The predicted molar refractivity (Wildman–Crippen MR) is 80.4 cm³/mol. The summed E-state index contributed by atoms with van der Waals surface area (Å²) in [6, 6.07) is 5.70. The van der Waals surface area contributed by atoms with Gasteiger partial charge in [0.1, 0.15) is 0 Å². The molecule has 2 aromatic rings. The third-order valence-corrected chi connectivity index (χ3v) is 3.24. The average Bonchev–Trinajstić information content (AvgIpc) is 2.44. The van der Waals surface area contributed by atoms with E-state index >= 15 is 0 Å². The molecule has 0 aliphatic carbocycles. The molecule has 2 heterocycles. The molecular weight excluding hydrogens is 274 g/mol. The van der Waals surface area contributed by atoms with Crippen LogP contribution in [0.1, 0.15) is 23.9 Å². The van der Waals surface area contributed by atoms with E-state index in [4.69, 9.17) is 16.3 Å². The maximum absolute atomic E-state index is 6.09. The van der Waals surface area contributed by atoms with Crippen LogP contribution in [0, 0.1) is 6.92 Å². The fourth-order valence-corrected chi connectivity index (χ4v) is 2.07. The van der Waals surface area contributed by atoms with Crippen molar-refractivity contribution in [3.05, 3.63) is 46.4 Å². The van der Waals surface area contributed by atoms with Gasteiger partial charge in [-0.2, -0.15) is 0 Å². The van der Waals surface area contributed by atoms with Crippen LogP contribution in [0.3, 0.4) is 0 Å². The van der Waals surface area contributed by atoms with Crippen LogP contribution in [-0.2, 0) is 13.0 Å².